The third-order valence-corrected chi connectivity index (χ3v) is 3.45. The zero-order valence-corrected chi connectivity index (χ0v) is 8.93. The highest BCUT2D eigenvalue weighted by atomic mass is 32.1. The van der Waals surface area contributed by atoms with Crippen LogP contribution in [0.5, 0.6) is 0 Å². The molecule has 0 saturated carbocycles. The van der Waals surface area contributed by atoms with Crippen molar-refractivity contribution in [1.29, 1.82) is 0 Å². The summed E-state index contributed by atoms with van der Waals surface area (Å²) in [5.41, 5.74) is 6.71. The first kappa shape index (κ1) is 9.45. The molecule has 0 unspecified atom stereocenters. The third kappa shape index (κ3) is 1.72. The standard InChI is InChI=1S/C9H13N3OS/c1-6(13)12-4-2-7-8(3-5-12)14-9(10)11-7/h2-5H2,1H3,(H2,10,11). The van der Waals surface area contributed by atoms with Crippen LogP contribution in [-0.2, 0) is 17.6 Å². The fraction of sp³-hybridized carbons (Fsp3) is 0.556. The van der Waals surface area contributed by atoms with Crippen LogP contribution in [0.2, 0.25) is 0 Å². The average Bonchev–Trinajstić information content (AvgIpc) is 2.34. The molecule has 1 aliphatic heterocycles. The van der Waals surface area contributed by atoms with E-state index in [1.165, 1.54) is 4.88 Å². The lowest BCUT2D eigenvalue weighted by Gasteiger charge is -2.17. The molecule has 0 bridgehead atoms. The number of nitrogens with two attached hydrogens (primary N) is 1. The Hall–Kier alpha value is -1.10. The van der Waals surface area contributed by atoms with E-state index in [-0.39, 0.29) is 5.91 Å². The van der Waals surface area contributed by atoms with Gasteiger partial charge in [0, 0.05) is 37.7 Å². The minimum atomic E-state index is 0.146. The molecule has 2 heterocycles. The van der Waals surface area contributed by atoms with E-state index in [0.29, 0.717) is 5.13 Å². The zero-order chi connectivity index (χ0) is 10.1. The molecular formula is C9H13N3OS. The predicted molar refractivity (Wildman–Crippen MR) is 56.2 cm³/mol. The van der Waals surface area contributed by atoms with Gasteiger partial charge in [0.25, 0.3) is 0 Å². The van der Waals surface area contributed by atoms with Crippen LogP contribution < -0.4 is 5.73 Å². The molecular weight excluding hydrogens is 198 g/mol. The molecule has 0 spiro atoms. The summed E-state index contributed by atoms with van der Waals surface area (Å²) in [5.74, 6) is 0.146. The smallest absolute Gasteiger partial charge is 0.219 e. The monoisotopic (exact) mass is 211 g/mol. The molecule has 1 aromatic heterocycles. The third-order valence-electron chi connectivity index (χ3n) is 2.47. The molecule has 0 fully saturated rings. The van der Waals surface area contributed by atoms with Crippen molar-refractivity contribution in [2.24, 2.45) is 0 Å². The highest BCUT2D eigenvalue weighted by molar-refractivity contribution is 7.15. The molecule has 1 amide bonds. The van der Waals surface area contributed by atoms with Gasteiger partial charge in [-0.3, -0.25) is 4.79 Å². The molecule has 76 valence electrons. The van der Waals surface area contributed by atoms with E-state index in [9.17, 15) is 4.79 Å². The van der Waals surface area contributed by atoms with Crippen molar-refractivity contribution in [3.63, 3.8) is 0 Å². The maximum Gasteiger partial charge on any atom is 0.219 e. The predicted octanol–water partition coefficient (Wildman–Crippen LogP) is 0.672. The first-order chi connectivity index (χ1) is 6.66. The van der Waals surface area contributed by atoms with Gasteiger partial charge in [0.05, 0.1) is 5.69 Å². The fourth-order valence-corrected chi connectivity index (χ4v) is 2.57. The van der Waals surface area contributed by atoms with Crippen molar-refractivity contribution in [2.75, 3.05) is 18.8 Å². The van der Waals surface area contributed by atoms with E-state index in [1.807, 2.05) is 4.90 Å². The Morgan fingerprint density at radius 1 is 1.50 bits per heavy atom. The summed E-state index contributed by atoms with van der Waals surface area (Å²) in [6, 6.07) is 0. The van der Waals surface area contributed by atoms with Crippen molar-refractivity contribution >= 4 is 22.4 Å². The summed E-state index contributed by atoms with van der Waals surface area (Å²) in [7, 11) is 0. The van der Waals surface area contributed by atoms with Gasteiger partial charge in [-0.1, -0.05) is 0 Å². The Kier molecular flexibility index (Phi) is 2.41. The van der Waals surface area contributed by atoms with Gasteiger partial charge in [0.15, 0.2) is 5.13 Å². The lowest BCUT2D eigenvalue weighted by atomic mass is 10.2. The Bertz CT molecular complexity index is 335. The highest BCUT2D eigenvalue weighted by Crippen LogP contribution is 2.23. The highest BCUT2D eigenvalue weighted by Gasteiger charge is 2.18. The Balaban J connectivity index is 2.15. The van der Waals surface area contributed by atoms with Gasteiger partial charge in [0.1, 0.15) is 0 Å². The number of carbonyl (C=O) groups excluding carboxylic acids is 1. The number of carbonyl (C=O) groups is 1. The lowest BCUT2D eigenvalue weighted by molar-refractivity contribution is -0.128. The fourth-order valence-electron chi connectivity index (χ4n) is 1.70. The van der Waals surface area contributed by atoms with Crippen LogP contribution in [0.4, 0.5) is 5.13 Å². The van der Waals surface area contributed by atoms with Crippen LogP contribution >= 0.6 is 11.3 Å². The molecule has 0 aromatic carbocycles. The van der Waals surface area contributed by atoms with E-state index in [4.69, 9.17) is 5.73 Å². The van der Waals surface area contributed by atoms with Crippen LogP contribution in [0.1, 0.15) is 17.5 Å². The van der Waals surface area contributed by atoms with Crippen molar-refractivity contribution in [3.8, 4) is 0 Å². The van der Waals surface area contributed by atoms with Gasteiger partial charge in [-0.05, 0) is 0 Å². The van der Waals surface area contributed by atoms with Crippen molar-refractivity contribution in [3.05, 3.63) is 10.6 Å². The Morgan fingerprint density at radius 3 is 2.93 bits per heavy atom. The summed E-state index contributed by atoms with van der Waals surface area (Å²) in [6.45, 7) is 3.18. The number of aromatic nitrogens is 1. The van der Waals surface area contributed by atoms with E-state index in [1.54, 1.807) is 18.3 Å². The van der Waals surface area contributed by atoms with Crippen LogP contribution in [0, 0.1) is 0 Å². The molecule has 4 nitrogen and oxygen atoms in total. The maximum atomic E-state index is 11.2. The average molecular weight is 211 g/mol. The van der Waals surface area contributed by atoms with Crippen LogP contribution in [0.3, 0.4) is 0 Å². The summed E-state index contributed by atoms with van der Waals surface area (Å²) in [5, 5.41) is 0.645. The number of anilines is 1. The molecule has 5 heteroatoms. The zero-order valence-electron chi connectivity index (χ0n) is 8.12. The molecule has 2 rings (SSSR count). The normalized spacial score (nSPS) is 16.2. The van der Waals surface area contributed by atoms with Crippen molar-refractivity contribution < 1.29 is 4.79 Å². The van der Waals surface area contributed by atoms with Gasteiger partial charge in [-0.15, -0.1) is 11.3 Å². The van der Waals surface area contributed by atoms with Gasteiger partial charge in [0.2, 0.25) is 5.91 Å². The SMILES string of the molecule is CC(=O)N1CCc2nc(N)sc2CC1. The quantitative estimate of drug-likeness (QED) is 0.686. The number of fused-ring (bicyclic) bond motifs is 1. The molecule has 1 aliphatic rings. The number of nitrogen functional groups attached to an aromatic ring is 1. The minimum absolute atomic E-state index is 0.146. The summed E-state index contributed by atoms with van der Waals surface area (Å²) in [6.07, 6.45) is 1.73. The maximum absolute atomic E-state index is 11.2. The first-order valence-corrected chi connectivity index (χ1v) is 5.48. The van der Waals surface area contributed by atoms with Crippen LogP contribution in [-0.4, -0.2) is 28.9 Å². The second kappa shape index (κ2) is 3.57. The number of nitrogens with zero attached hydrogens (tertiary/aromatic N) is 2. The van der Waals surface area contributed by atoms with Gasteiger partial charge >= 0.3 is 0 Å². The number of hydrogen-bond donors (Lipinski definition) is 1. The topological polar surface area (TPSA) is 59.2 Å². The van der Waals surface area contributed by atoms with Crippen molar-refractivity contribution in [2.45, 2.75) is 19.8 Å². The van der Waals surface area contributed by atoms with Crippen LogP contribution in [0.25, 0.3) is 0 Å². The second-order valence-corrected chi connectivity index (χ2v) is 4.54. The Labute approximate surface area is 86.7 Å². The Morgan fingerprint density at radius 2 is 2.21 bits per heavy atom. The molecule has 0 radical (unpaired) electrons. The summed E-state index contributed by atoms with van der Waals surface area (Å²) in [4.78, 5) is 18.5. The number of hydrogen-bond acceptors (Lipinski definition) is 4. The second-order valence-electron chi connectivity index (χ2n) is 3.43. The lowest BCUT2D eigenvalue weighted by Crippen LogP contribution is -2.31. The largest absolute Gasteiger partial charge is 0.375 e. The number of rotatable bonds is 0. The van der Waals surface area contributed by atoms with Gasteiger partial charge < -0.3 is 10.6 Å². The van der Waals surface area contributed by atoms with Crippen molar-refractivity contribution in [1.82, 2.24) is 9.88 Å². The molecule has 2 N–H and O–H groups in total. The molecule has 0 aliphatic carbocycles. The minimum Gasteiger partial charge on any atom is -0.375 e. The summed E-state index contributed by atoms with van der Waals surface area (Å²) >= 11 is 1.55. The first-order valence-electron chi connectivity index (χ1n) is 4.66. The molecule has 0 atom stereocenters. The van der Waals surface area contributed by atoms with E-state index >= 15 is 0 Å². The van der Waals surface area contributed by atoms with Gasteiger partial charge in [-0.25, -0.2) is 4.98 Å². The molecule has 14 heavy (non-hydrogen) atoms. The molecule has 1 aromatic rings. The van der Waals surface area contributed by atoms with Crippen LogP contribution in [0.15, 0.2) is 0 Å². The van der Waals surface area contributed by atoms with E-state index in [2.05, 4.69) is 4.98 Å². The van der Waals surface area contributed by atoms with Gasteiger partial charge in [-0.2, -0.15) is 0 Å². The molecule has 0 saturated heterocycles. The van der Waals surface area contributed by atoms with E-state index < -0.39 is 0 Å². The number of amides is 1. The summed E-state index contributed by atoms with van der Waals surface area (Å²) < 4.78 is 0. The number of thiazole rings is 1. The van der Waals surface area contributed by atoms with E-state index in [0.717, 1.165) is 31.6 Å².